The molecule has 1 saturated carbocycles. The van der Waals surface area contributed by atoms with E-state index < -0.39 is 5.54 Å². The van der Waals surface area contributed by atoms with Crippen LogP contribution < -0.4 is 5.32 Å². The van der Waals surface area contributed by atoms with Crippen LogP contribution in [0.15, 0.2) is 22.8 Å². The van der Waals surface area contributed by atoms with Crippen LogP contribution in [0.5, 0.6) is 0 Å². The highest BCUT2D eigenvalue weighted by Crippen LogP contribution is 2.39. The largest absolute Gasteiger partial charge is 0.462 e. The number of hydrogen-bond acceptors (Lipinski definition) is 5. The first-order chi connectivity index (χ1) is 10.0. The zero-order valence-electron chi connectivity index (χ0n) is 12.0. The van der Waals surface area contributed by atoms with Crippen LogP contribution in [0.2, 0.25) is 0 Å². The number of nitrogens with zero attached hydrogens (tertiary/aromatic N) is 1. The van der Waals surface area contributed by atoms with Gasteiger partial charge in [-0.2, -0.15) is 0 Å². The number of aryl methyl sites for hydroxylation is 1. The van der Waals surface area contributed by atoms with Crippen LogP contribution in [0.25, 0.3) is 10.8 Å². The third kappa shape index (κ3) is 2.73. The summed E-state index contributed by atoms with van der Waals surface area (Å²) in [5.41, 5.74) is -0.149. The van der Waals surface area contributed by atoms with Crippen LogP contribution in [0.4, 0.5) is 0 Å². The smallest absolute Gasteiger partial charge is 0.271 e. The van der Waals surface area contributed by atoms with E-state index in [2.05, 4.69) is 10.3 Å². The van der Waals surface area contributed by atoms with Gasteiger partial charge in [-0.15, -0.1) is 11.3 Å². The average molecular weight is 306 g/mol. The van der Waals surface area contributed by atoms with Crippen molar-refractivity contribution >= 4 is 17.2 Å². The maximum atomic E-state index is 12.4. The second-order valence-electron chi connectivity index (χ2n) is 5.71. The van der Waals surface area contributed by atoms with E-state index in [4.69, 9.17) is 4.42 Å². The molecule has 0 saturated heterocycles. The summed E-state index contributed by atoms with van der Waals surface area (Å²) in [6.07, 6.45) is 3.68. The number of aliphatic hydroxyl groups excluding tert-OH is 1. The SMILES string of the molecule is Cc1sc(-c2ccco2)nc1C(=O)NC(C)(CO)C1CC1. The maximum absolute atomic E-state index is 12.4. The summed E-state index contributed by atoms with van der Waals surface area (Å²) < 4.78 is 5.31. The second-order valence-corrected chi connectivity index (χ2v) is 6.91. The van der Waals surface area contributed by atoms with Gasteiger partial charge in [0.2, 0.25) is 0 Å². The molecule has 2 N–H and O–H groups in total. The fraction of sp³-hybridized carbons (Fsp3) is 0.467. The van der Waals surface area contributed by atoms with Crippen molar-refractivity contribution in [3.63, 3.8) is 0 Å². The van der Waals surface area contributed by atoms with Crippen molar-refractivity contribution in [3.8, 4) is 10.8 Å². The van der Waals surface area contributed by atoms with Crippen LogP contribution in [0.1, 0.15) is 35.1 Å². The second kappa shape index (κ2) is 5.27. The molecule has 2 aromatic rings. The summed E-state index contributed by atoms with van der Waals surface area (Å²) >= 11 is 1.43. The Kier molecular flexibility index (Phi) is 3.59. The van der Waals surface area contributed by atoms with E-state index >= 15 is 0 Å². The summed E-state index contributed by atoms with van der Waals surface area (Å²) in [6, 6.07) is 3.61. The fourth-order valence-electron chi connectivity index (χ4n) is 2.42. The quantitative estimate of drug-likeness (QED) is 0.890. The lowest BCUT2D eigenvalue weighted by atomic mass is 9.97. The van der Waals surface area contributed by atoms with E-state index in [-0.39, 0.29) is 12.5 Å². The maximum Gasteiger partial charge on any atom is 0.271 e. The monoisotopic (exact) mass is 306 g/mol. The third-order valence-electron chi connectivity index (χ3n) is 3.95. The molecule has 1 amide bonds. The topological polar surface area (TPSA) is 75.4 Å². The van der Waals surface area contributed by atoms with Crippen LogP contribution >= 0.6 is 11.3 Å². The Morgan fingerprint density at radius 1 is 1.62 bits per heavy atom. The van der Waals surface area contributed by atoms with Crippen molar-refractivity contribution in [2.45, 2.75) is 32.2 Å². The van der Waals surface area contributed by atoms with Crippen LogP contribution in [0.3, 0.4) is 0 Å². The molecule has 1 aliphatic rings. The summed E-state index contributed by atoms with van der Waals surface area (Å²) in [5.74, 6) is 0.786. The third-order valence-corrected chi connectivity index (χ3v) is 4.93. The van der Waals surface area contributed by atoms with Gasteiger partial charge in [-0.1, -0.05) is 0 Å². The van der Waals surface area contributed by atoms with Gasteiger partial charge in [-0.3, -0.25) is 4.79 Å². The molecule has 6 heteroatoms. The first-order valence-electron chi connectivity index (χ1n) is 6.98. The number of amides is 1. The van der Waals surface area contributed by atoms with Gasteiger partial charge in [0.15, 0.2) is 10.8 Å². The standard InChI is InChI=1S/C15H18N2O3S/c1-9-12(16-14(21-9)11-4-3-7-20-11)13(19)17-15(2,8-18)10-5-6-10/h3-4,7,10,18H,5-6,8H2,1-2H3,(H,17,19). The van der Waals surface area contributed by atoms with E-state index in [0.717, 1.165) is 17.7 Å². The Morgan fingerprint density at radius 3 is 2.95 bits per heavy atom. The summed E-state index contributed by atoms with van der Waals surface area (Å²) in [7, 11) is 0. The predicted octanol–water partition coefficient (Wildman–Crippen LogP) is 2.60. The molecule has 1 atom stereocenters. The molecule has 5 nitrogen and oxygen atoms in total. The van der Waals surface area contributed by atoms with Crippen LogP contribution in [-0.4, -0.2) is 28.1 Å². The van der Waals surface area contributed by atoms with E-state index in [1.165, 1.54) is 11.3 Å². The predicted molar refractivity (Wildman–Crippen MR) is 80.2 cm³/mol. The lowest BCUT2D eigenvalue weighted by Gasteiger charge is -2.28. The van der Waals surface area contributed by atoms with Crippen molar-refractivity contribution in [2.75, 3.05) is 6.61 Å². The Hall–Kier alpha value is -1.66. The van der Waals surface area contributed by atoms with E-state index in [1.54, 1.807) is 12.3 Å². The molecular weight excluding hydrogens is 288 g/mol. The van der Waals surface area contributed by atoms with Crippen molar-refractivity contribution in [3.05, 3.63) is 29.0 Å². The van der Waals surface area contributed by atoms with Gasteiger partial charge in [0.25, 0.3) is 5.91 Å². The number of carbonyl (C=O) groups is 1. The Bertz CT molecular complexity index is 646. The molecule has 2 heterocycles. The van der Waals surface area contributed by atoms with E-state index in [9.17, 15) is 9.90 Å². The van der Waals surface area contributed by atoms with E-state index in [0.29, 0.717) is 22.4 Å². The number of carbonyl (C=O) groups excluding carboxylic acids is 1. The lowest BCUT2D eigenvalue weighted by Crippen LogP contribution is -2.51. The molecule has 112 valence electrons. The van der Waals surface area contributed by atoms with E-state index in [1.807, 2.05) is 19.9 Å². The minimum absolute atomic E-state index is 0.0579. The molecule has 3 rings (SSSR count). The molecule has 1 fully saturated rings. The molecule has 21 heavy (non-hydrogen) atoms. The van der Waals surface area contributed by atoms with Gasteiger partial charge >= 0.3 is 0 Å². The van der Waals surface area contributed by atoms with Crippen molar-refractivity contribution in [1.29, 1.82) is 0 Å². The molecule has 0 aromatic carbocycles. The van der Waals surface area contributed by atoms with Crippen LogP contribution in [0, 0.1) is 12.8 Å². The van der Waals surface area contributed by atoms with Gasteiger partial charge in [0.05, 0.1) is 18.4 Å². The molecule has 0 aliphatic heterocycles. The van der Waals surface area contributed by atoms with Gasteiger partial charge < -0.3 is 14.8 Å². The Labute approximate surface area is 127 Å². The first kappa shape index (κ1) is 14.3. The van der Waals surface area contributed by atoms with Crippen molar-refractivity contribution < 1.29 is 14.3 Å². The zero-order valence-corrected chi connectivity index (χ0v) is 12.9. The summed E-state index contributed by atoms with van der Waals surface area (Å²) in [5, 5.41) is 13.2. The van der Waals surface area contributed by atoms with Gasteiger partial charge in [0, 0.05) is 4.88 Å². The first-order valence-corrected chi connectivity index (χ1v) is 7.80. The number of hydrogen-bond donors (Lipinski definition) is 2. The van der Waals surface area contributed by atoms with Gasteiger partial charge in [-0.25, -0.2) is 4.98 Å². The zero-order chi connectivity index (χ0) is 15.0. The number of nitrogens with one attached hydrogen (secondary N) is 1. The number of aromatic nitrogens is 1. The molecule has 0 bridgehead atoms. The number of aliphatic hydroxyl groups is 1. The lowest BCUT2D eigenvalue weighted by molar-refractivity contribution is 0.0819. The van der Waals surface area contributed by atoms with Crippen molar-refractivity contribution in [2.24, 2.45) is 5.92 Å². The van der Waals surface area contributed by atoms with Gasteiger partial charge in [-0.05, 0) is 44.7 Å². The van der Waals surface area contributed by atoms with Crippen LogP contribution in [-0.2, 0) is 0 Å². The molecule has 2 aromatic heterocycles. The minimum atomic E-state index is -0.558. The molecule has 0 spiro atoms. The van der Waals surface area contributed by atoms with Gasteiger partial charge in [0.1, 0.15) is 5.69 Å². The Balaban J connectivity index is 1.82. The molecular formula is C15H18N2O3S. The highest BCUT2D eigenvalue weighted by molar-refractivity contribution is 7.15. The Morgan fingerprint density at radius 2 is 2.38 bits per heavy atom. The molecule has 1 aliphatic carbocycles. The average Bonchev–Trinajstić information content (AvgIpc) is 3.04. The molecule has 1 unspecified atom stereocenters. The number of furan rings is 1. The molecule has 0 radical (unpaired) electrons. The van der Waals surface area contributed by atoms with Crippen molar-refractivity contribution in [1.82, 2.24) is 10.3 Å². The highest BCUT2D eigenvalue weighted by Gasteiger charge is 2.42. The summed E-state index contributed by atoms with van der Waals surface area (Å²) in [4.78, 5) is 17.7. The fourth-order valence-corrected chi connectivity index (χ4v) is 3.30. The minimum Gasteiger partial charge on any atom is -0.462 e. The summed E-state index contributed by atoms with van der Waals surface area (Å²) in [6.45, 7) is 3.70. The number of rotatable bonds is 5. The highest BCUT2D eigenvalue weighted by atomic mass is 32.1. The normalized spacial score (nSPS) is 17.5. The number of thiazole rings is 1.